The number of aryl methyl sites for hydroxylation is 1. The minimum Gasteiger partial charge on any atom is -0.377 e. The molecular weight excluding hydrogens is 278 g/mol. The summed E-state index contributed by atoms with van der Waals surface area (Å²) < 4.78 is 6.80. The Labute approximate surface area is 112 Å². The van der Waals surface area contributed by atoms with E-state index in [4.69, 9.17) is 4.74 Å². The number of ether oxygens (including phenoxy) is 1. The van der Waals surface area contributed by atoms with Crippen LogP contribution in [0.3, 0.4) is 0 Å². The highest BCUT2D eigenvalue weighted by Gasteiger charge is 2.36. The first-order chi connectivity index (χ1) is 8.01. The van der Waals surface area contributed by atoms with Crippen molar-refractivity contribution >= 4 is 15.9 Å². The minimum atomic E-state index is 0.112. The molecule has 94 valence electrons. The third-order valence-electron chi connectivity index (χ3n) is 3.81. The summed E-state index contributed by atoms with van der Waals surface area (Å²) in [7, 11) is 0. The second kappa shape index (κ2) is 5.09. The molecule has 1 aliphatic rings. The van der Waals surface area contributed by atoms with Gasteiger partial charge in [-0.3, -0.25) is 0 Å². The summed E-state index contributed by atoms with van der Waals surface area (Å²) >= 11 is 3.53. The van der Waals surface area contributed by atoms with Gasteiger partial charge in [-0.15, -0.1) is 0 Å². The topological polar surface area (TPSA) is 21.3 Å². The van der Waals surface area contributed by atoms with Gasteiger partial charge in [0.15, 0.2) is 0 Å². The number of nitrogens with one attached hydrogen (secondary N) is 1. The predicted octanol–water partition coefficient (Wildman–Crippen LogP) is 3.41. The van der Waals surface area contributed by atoms with Gasteiger partial charge in [0.05, 0.1) is 6.10 Å². The van der Waals surface area contributed by atoms with Crippen LogP contribution >= 0.6 is 15.9 Å². The van der Waals surface area contributed by atoms with E-state index in [-0.39, 0.29) is 5.54 Å². The Hall–Kier alpha value is -0.380. The van der Waals surface area contributed by atoms with Crippen molar-refractivity contribution in [2.75, 3.05) is 6.61 Å². The maximum atomic E-state index is 5.63. The van der Waals surface area contributed by atoms with Crippen LogP contribution in [-0.2, 0) is 11.3 Å². The normalized spacial score (nSPS) is 28.6. The van der Waals surface area contributed by atoms with Crippen LogP contribution in [0.2, 0.25) is 0 Å². The summed E-state index contributed by atoms with van der Waals surface area (Å²) in [6.07, 6.45) is 1.38. The maximum absolute atomic E-state index is 5.63. The second-order valence-electron chi connectivity index (χ2n) is 5.12. The molecule has 3 heteroatoms. The molecule has 0 amide bonds. The Bertz CT molecular complexity index is 407. The summed E-state index contributed by atoms with van der Waals surface area (Å²) in [5.41, 5.74) is 2.72. The van der Waals surface area contributed by atoms with Crippen LogP contribution in [0.1, 0.15) is 31.4 Å². The lowest BCUT2D eigenvalue weighted by Crippen LogP contribution is -2.47. The molecule has 1 saturated heterocycles. The zero-order valence-electron chi connectivity index (χ0n) is 10.7. The van der Waals surface area contributed by atoms with Gasteiger partial charge in [-0.1, -0.05) is 28.1 Å². The highest BCUT2D eigenvalue weighted by atomic mass is 79.9. The molecule has 2 rings (SSSR count). The van der Waals surface area contributed by atoms with E-state index in [0.29, 0.717) is 6.10 Å². The van der Waals surface area contributed by atoms with Crippen molar-refractivity contribution in [1.82, 2.24) is 5.32 Å². The molecule has 17 heavy (non-hydrogen) atoms. The van der Waals surface area contributed by atoms with E-state index in [2.05, 4.69) is 60.2 Å². The molecular formula is C14H20BrNO. The minimum absolute atomic E-state index is 0.112. The molecule has 0 aromatic heterocycles. The van der Waals surface area contributed by atoms with Gasteiger partial charge in [-0.25, -0.2) is 0 Å². The molecule has 1 aromatic rings. The SMILES string of the molecule is Cc1cc(CNC2(C)CCOC2C)ccc1Br. The predicted molar refractivity (Wildman–Crippen MR) is 74.2 cm³/mol. The zero-order valence-corrected chi connectivity index (χ0v) is 12.3. The fourth-order valence-electron chi connectivity index (χ4n) is 2.19. The van der Waals surface area contributed by atoms with Gasteiger partial charge in [0.1, 0.15) is 0 Å². The average molecular weight is 298 g/mol. The highest BCUT2D eigenvalue weighted by Crippen LogP contribution is 2.26. The van der Waals surface area contributed by atoms with Crippen molar-refractivity contribution < 1.29 is 4.74 Å². The van der Waals surface area contributed by atoms with Crippen LogP contribution in [0.15, 0.2) is 22.7 Å². The van der Waals surface area contributed by atoms with Crippen molar-refractivity contribution in [3.8, 4) is 0 Å². The van der Waals surface area contributed by atoms with Gasteiger partial charge in [-0.05, 0) is 44.4 Å². The molecule has 0 radical (unpaired) electrons. The monoisotopic (exact) mass is 297 g/mol. The first-order valence-corrected chi connectivity index (χ1v) is 6.92. The smallest absolute Gasteiger partial charge is 0.0726 e. The average Bonchev–Trinajstić information content (AvgIpc) is 2.62. The summed E-state index contributed by atoms with van der Waals surface area (Å²) in [4.78, 5) is 0. The van der Waals surface area contributed by atoms with Crippen LogP contribution < -0.4 is 5.32 Å². The quantitative estimate of drug-likeness (QED) is 0.923. The number of hydrogen-bond donors (Lipinski definition) is 1. The number of benzene rings is 1. The van der Waals surface area contributed by atoms with Crippen molar-refractivity contribution in [2.45, 2.75) is 45.4 Å². The number of rotatable bonds is 3. The lowest BCUT2D eigenvalue weighted by molar-refractivity contribution is 0.0881. The first-order valence-electron chi connectivity index (χ1n) is 6.13. The summed E-state index contributed by atoms with van der Waals surface area (Å²) in [5, 5.41) is 3.63. The van der Waals surface area contributed by atoms with E-state index in [1.807, 2.05) is 0 Å². The highest BCUT2D eigenvalue weighted by molar-refractivity contribution is 9.10. The third-order valence-corrected chi connectivity index (χ3v) is 4.69. The van der Waals surface area contributed by atoms with Gasteiger partial charge in [0.2, 0.25) is 0 Å². The molecule has 1 heterocycles. The van der Waals surface area contributed by atoms with E-state index in [9.17, 15) is 0 Å². The molecule has 1 fully saturated rings. The van der Waals surface area contributed by atoms with Gasteiger partial charge in [-0.2, -0.15) is 0 Å². The summed E-state index contributed by atoms with van der Waals surface area (Å²) in [6.45, 7) is 8.28. The van der Waals surface area contributed by atoms with Gasteiger partial charge in [0.25, 0.3) is 0 Å². The molecule has 0 spiro atoms. The number of hydrogen-bond acceptors (Lipinski definition) is 2. The van der Waals surface area contributed by atoms with Crippen LogP contribution in [-0.4, -0.2) is 18.2 Å². The van der Waals surface area contributed by atoms with Crippen LogP contribution in [0.4, 0.5) is 0 Å². The van der Waals surface area contributed by atoms with Crippen molar-refractivity contribution in [1.29, 1.82) is 0 Å². The molecule has 1 aromatic carbocycles. The standard InChI is InChI=1S/C14H20BrNO/c1-10-8-12(4-5-13(10)15)9-16-14(3)6-7-17-11(14)2/h4-5,8,11,16H,6-7,9H2,1-3H3. The fraction of sp³-hybridized carbons (Fsp3) is 0.571. The molecule has 1 N–H and O–H groups in total. The maximum Gasteiger partial charge on any atom is 0.0726 e. The van der Waals surface area contributed by atoms with Gasteiger partial charge < -0.3 is 10.1 Å². The molecule has 2 atom stereocenters. The summed E-state index contributed by atoms with van der Waals surface area (Å²) in [5.74, 6) is 0. The van der Waals surface area contributed by atoms with Crippen molar-refractivity contribution in [3.63, 3.8) is 0 Å². The molecule has 2 nitrogen and oxygen atoms in total. The third kappa shape index (κ3) is 2.90. The Morgan fingerprint density at radius 1 is 1.53 bits per heavy atom. The largest absolute Gasteiger partial charge is 0.377 e. The molecule has 2 unspecified atom stereocenters. The molecule has 1 aliphatic heterocycles. The van der Waals surface area contributed by atoms with Gasteiger partial charge in [0, 0.05) is 23.2 Å². The lowest BCUT2D eigenvalue weighted by atomic mass is 9.94. The van der Waals surface area contributed by atoms with Crippen molar-refractivity contribution in [3.05, 3.63) is 33.8 Å². The molecule has 0 bridgehead atoms. The molecule has 0 saturated carbocycles. The fourth-order valence-corrected chi connectivity index (χ4v) is 2.43. The Morgan fingerprint density at radius 2 is 2.29 bits per heavy atom. The Balaban J connectivity index is 2.00. The van der Waals surface area contributed by atoms with Crippen LogP contribution in [0, 0.1) is 6.92 Å². The second-order valence-corrected chi connectivity index (χ2v) is 5.97. The van der Waals surface area contributed by atoms with Crippen LogP contribution in [0.25, 0.3) is 0 Å². The Morgan fingerprint density at radius 3 is 2.88 bits per heavy atom. The van der Waals surface area contributed by atoms with Crippen LogP contribution in [0.5, 0.6) is 0 Å². The molecule has 0 aliphatic carbocycles. The zero-order chi connectivity index (χ0) is 12.5. The lowest BCUT2D eigenvalue weighted by Gasteiger charge is -2.29. The van der Waals surface area contributed by atoms with E-state index in [1.54, 1.807) is 0 Å². The summed E-state index contributed by atoms with van der Waals surface area (Å²) in [6, 6.07) is 6.50. The van der Waals surface area contributed by atoms with E-state index in [1.165, 1.54) is 15.6 Å². The van der Waals surface area contributed by atoms with E-state index in [0.717, 1.165) is 19.6 Å². The van der Waals surface area contributed by atoms with E-state index < -0.39 is 0 Å². The Kier molecular flexibility index (Phi) is 3.91. The first kappa shape index (κ1) is 13.1. The number of halogens is 1. The van der Waals surface area contributed by atoms with Crippen molar-refractivity contribution in [2.24, 2.45) is 0 Å². The van der Waals surface area contributed by atoms with E-state index >= 15 is 0 Å². The van der Waals surface area contributed by atoms with Gasteiger partial charge >= 0.3 is 0 Å².